The summed E-state index contributed by atoms with van der Waals surface area (Å²) in [6.45, 7) is 37.2. The number of unbranched alkanes of at least 4 members (excludes halogenated alkanes) is 6. The van der Waals surface area contributed by atoms with E-state index in [9.17, 15) is 9.59 Å². The van der Waals surface area contributed by atoms with E-state index >= 15 is 0 Å². The van der Waals surface area contributed by atoms with Crippen LogP contribution in [-0.2, 0) is 36.4 Å². The van der Waals surface area contributed by atoms with Crippen molar-refractivity contribution in [3.8, 4) is 29.3 Å². The molecule has 3 atom stereocenters. The molecule has 6 rings (SSSR count). The minimum atomic E-state index is -2.36. The minimum absolute atomic E-state index is 0.0226. The maximum Gasteiger partial charge on any atom is 0.188 e. The fourth-order valence-electron chi connectivity index (χ4n) is 10.7. The van der Waals surface area contributed by atoms with E-state index < -0.39 is 16.6 Å². The molecule has 0 amide bonds. The smallest absolute Gasteiger partial charge is 0.188 e. The molecule has 3 unspecified atom stereocenters. The van der Waals surface area contributed by atoms with Crippen LogP contribution < -0.4 is 0 Å². The van der Waals surface area contributed by atoms with E-state index in [0.29, 0.717) is 11.8 Å². The Kier molecular flexibility index (Phi) is 21.6. The van der Waals surface area contributed by atoms with Gasteiger partial charge in [0.2, 0.25) is 0 Å². The summed E-state index contributed by atoms with van der Waals surface area (Å²) in [4.78, 5) is 37.4. The zero-order valence-corrected chi connectivity index (χ0v) is 56.1. The summed E-state index contributed by atoms with van der Waals surface area (Å²) in [5.41, 5.74) is 7.71. The molecule has 6 aromatic heterocycles. The van der Waals surface area contributed by atoms with E-state index in [1.54, 1.807) is 27.1 Å². The Morgan fingerprint density at radius 3 is 1.66 bits per heavy atom. The second kappa shape index (κ2) is 25.8. The number of aryl methyl sites for hydroxylation is 3. The van der Waals surface area contributed by atoms with Gasteiger partial charge in [0.15, 0.2) is 16.6 Å². The van der Waals surface area contributed by atoms with Gasteiger partial charge in [0, 0.05) is 60.1 Å². The number of hydrogen-bond acceptors (Lipinski definition) is 8. The van der Waals surface area contributed by atoms with Crippen LogP contribution in [0.1, 0.15) is 226 Å². The zero-order chi connectivity index (χ0) is 54.4. The molecule has 2 nitrogen and oxygen atoms in total. The van der Waals surface area contributed by atoms with Crippen LogP contribution in [0, 0.1) is 0 Å². The summed E-state index contributed by atoms with van der Waals surface area (Å²) in [6, 6.07) is 17.0. The normalized spacial score (nSPS) is 14.8. The van der Waals surface area contributed by atoms with Gasteiger partial charge >= 0.3 is 0 Å². The van der Waals surface area contributed by atoms with Crippen molar-refractivity contribution in [1.29, 1.82) is 0 Å². The molecule has 6 aromatic rings. The molecule has 0 aliphatic rings. The Balaban J connectivity index is 1.44. The Hall–Kier alpha value is -1.38. The van der Waals surface area contributed by atoms with Gasteiger partial charge in [-0.2, -0.15) is 0 Å². The molecule has 74 heavy (non-hydrogen) atoms. The average molecular weight is 1150 g/mol. The first-order valence-corrected chi connectivity index (χ1v) is 39.7. The van der Waals surface area contributed by atoms with Crippen LogP contribution in [0.5, 0.6) is 0 Å². The Morgan fingerprint density at radius 2 is 1.11 bits per heavy atom. The average Bonchev–Trinajstić information content (AvgIpc) is 4.19. The summed E-state index contributed by atoms with van der Waals surface area (Å²) in [5.74, 6) is 0.688. The number of thiophene rings is 6. The van der Waals surface area contributed by atoms with Gasteiger partial charge < -0.3 is 9.59 Å². The molecule has 0 bridgehead atoms. The van der Waals surface area contributed by atoms with Crippen molar-refractivity contribution in [2.75, 3.05) is 0 Å². The lowest BCUT2D eigenvalue weighted by Gasteiger charge is -2.37. The molecular weight excluding hydrogens is 1050 g/mol. The maximum absolute atomic E-state index is 11.4. The molecule has 0 aliphatic heterocycles. The van der Waals surface area contributed by atoms with Crippen molar-refractivity contribution < 1.29 is 9.59 Å². The van der Waals surface area contributed by atoms with E-state index in [1.807, 2.05) is 45.3 Å². The van der Waals surface area contributed by atoms with Gasteiger partial charge in [0.1, 0.15) is 7.85 Å². The first-order chi connectivity index (χ1) is 34.7. The SMILES string of the molecule is BC(C)(C)c1sc(-c2scc(C(C)C(C)(CC)c3sc(-c4sc(C(C)c5ccc(-c6cccs6)s5)cc4CCCCCC)cc3CCCCCC)c2CCCC(C)(C)[Si](C)(C)O)cc1CCCC(C)(C)[Si](C)(C)O. The van der Waals surface area contributed by atoms with E-state index in [2.05, 4.69) is 193 Å². The van der Waals surface area contributed by atoms with Gasteiger partial charge in [-0.3, -0.25) is 0 Å². The van der Waals surface area contributed by atoms with Crippen molar-refractivity contribution in [1.82, 2.24) is 0 Å². The standard InChI is InChI=1S/C63H97BO2S6Si2/c1-17-20-22-24-29-45-39-53(43(4)50-34-35-52(69-50)51-33-28-38-67-51)70-56(45)54-41-47(30-25-23-21-18-2)59(72-54)63(12,19-3)44(5)49-42-68-57(48(49)32-27-37-61(8,9)74(15,16)66)55-40-46(58(71-55)62(10,11)64)31-26-36-60(6,7)73(13,14)65/h28,33-35,38-44,65-66H,17-27,29-32,36-37,64H2,1-16H3. The highest BCUT2D eigenvalue weighted by atomic mass is 32.1. The molecule has 0 saturated carbocycles. The minimum Gasteiger partial charge on any atom is -0.432 e. The van der Waals surface area contributed by atoms with Crippen LogP contribution in [0.4, 0.5) is 0 Å². The fraction of sp³-hybridized carbons (Fsp3) is 0.619. The van der Waals surface area contributed by atoms with Gasteiger partial charge in [-0.1, -0.05) is 128 Å². The highest BCUT2D eigenvalue weighted by Crippen LogP contribution is 2.54. The van der Waals surface area contributed by atoms with E-state index in [4.69, 9.17) is 0 Å². The molecule has 11 heteroatoms. The van der Waals surface area contributed by atoms with Gasteiger partial charge in [-0.05, 0) is 193 Å². The maximum atomic E-state index is 11.4. The second-order valence-electron chi connectivity index (χ2n) is 25.8. The van der Waals surface area contributed by atoms with Crippen LogP contribution in [-0.4, -0.2) is 34.1 Å². The van der Waals surface area contributed by atoms with Crippen molar-refractivity contribution in [3.05, 3.63) is 101 Å². The van der Waals surface area contributed by atoms with Crippen LogP contribution in [0.15, 0.2) is 53.2 Å². The van der Waals surface area contributed by atoms with Crippen LogP contribution in [0.25, 0.3) is 29.3 Å². The molecule has 0 fully saturated rings. The van der Waals surface area contributed by atoms with Crippen LogP contribution in [0.2, 0.25) is 36.3 Å². The van der Waals surface area contributed by atoms with E-state index in [-0.39, 0.29) is 20.8 Å². The third-order valence-corrected chi connectivity index (χ3v) is 33.1. The molecule has 0 aromatic carbocycles. The first-order valence-electron chi connectivity index (χ1n) is 28.8. The van der Waals surface area contributed by atoms with Crippen LogP contribution in [0.3, 0.4) is 0 Å². The summed E-state index contributed by atoms with van der Waals surface area (Å²) in [5, 5.41) is 4.74. The first kappa shape index (κ1) is 61.8. The van der Waals surface area contributed by atoms with Crippen molar-refractivity contribution in [2.24, 2.45) is 0 Å². The summed E-state index contributed by atoms with van der Waals surface area (Å²) in [7, 11) is -2.26. The Morgan fingerprint density at radius 1 is 0.554 bits per heavy atom. The fourth-order valence-corrected chi connectivity index (χ4v) is 19.8. The second-order valence-corrected chi connectivity index (χ2v) is 40.9. The van der Waals surface area contributed by atoms with Gasteiger partial charge in [-0.25, -0.2) is 0 Å². The largest absolute Gasteiger partial charge is 0.432 e. The van der Waals surface area contributed by atoms with Gasteiger partial charge in [0.25, 0.3) is 0 Å². The third-order valence-electron chi connectivity index (χ3n) is 17.8. The molecular formula is C63H97BO2S6Si2. The molecule has 6 heterocycles. The third kappa shape index (κ3) is 14.7. The molecule has 0 saturated heterocycles. The zero-order valence-electron chi connectivity index (χ0n) is 49.2. The summed E-state index contributed by atoms with van der Waals surface area (Å²) < 4.78 is 0. The predicted molar refractivity (Wildman–Crippen MR) is 347 cm³/mol. The summed E-state index contributed by atoms with van der Waals surface area (Å²) in [6.07, 6.45) is 19.9. The highest BCUT2D eigenvalue weighted by Gasteiger charge is 2.41. The molecule has 0 spiro atoms. The number of rotatable bonds is 30. The van der Waals surface area contributed by atoms with Gasteiger partial charge in [0.05, 0.1) is 0 Å². The van der Waals surface area contributed by atoms with Crippen molar-refractivity contribution in [3.63, 3.8) is 0 Å². The lowest BCUT2D eigenvalue weighted by atomic mass is 9.69. The van der Waals surface area contributed by atoms with Crippen molar-refractivity contribution in [2.45, 2.75) is 251 Å². The predicted octanol–water partition coefficient (Wildman–Crippen LogP) is 21.4. The Labute approximate surface area is 479 Å². The topological polar surface area (TPSA) is 40.5 Å². The lowest BCUT2D eigenvalue weighted by Crippen LogP contribution is -2.39. The summed E-state index contributed by atoms with van der Waals surface area (Å²) >= 11 is 12.1. The highest BCUT2D eigenvalue weighted by molar-refractivity contribution is 7.23. The monoisotopic (exact) mass is 1140 g/mol. The number of hydrogen-bond donors (Lipinski definition) is 2. The van der Waals surface area contributed by atoms with Crippen molar-refractivity contribution >= 4 is 92.5 Å². The van der Waals surface area contributed by atoms with E-state index in [1.165, 1.54) is 101 Å². The lowest BCUT2D eigenvalue weighted by molar-refractivity contribution is 0.384. The van der Waals surface area contributed by atoms with Crippen LogP contribution >= 0.6 is 68.0 Å². The van der Waals surface area contributed by atoms with E-state index in [0.717, 1.165) is 57.8 Å². The molecule has 2 N–H and O–H groups in total. The van der Waals surface area contributed by atoms with Gasteiger partial charge in [-0.15, -0.1) is 68.0 Å². The molecule has 0 aliphatic carbocycles. The quantitative estimate of drug-likeness (QED) is 0.0349. The molecule has 0 radical (unpaired) electrons. The Bertz CT molecular complexity index is 2670. The molecule has 408 valence electrons.